The van der Waals surface area contributed by atoms with E-state index in [4.69, 9.17) is 8.94 Å². The maximum Gasteiger partial charge on any atom is 0.237 e. The van der Waals surface area contributed by atoms with Gasteiger partial charge in [0.1, 0.15) is 11.3 Å². The highest BCUT2D eigenvalue weighted by molar-refractivity contribution is 5.77. The van der Waals surface area contributed by atoms with E-state index in [9.17, 15) is 0 Å². The fraction of sp³-hybridized carbons (Fsp3) is 0.412. The van der Waals surface area contributed by atoms with Crippen molar-refractivity contribution in [1.82, 2.24) is 20.4 Å². The molecule has 1 aliphatic heterocycles. The summed E-state index contributed by atoms with van der Waals surface area (Å²) in [6.45, 7) is 4.84. The van der Waals surface area contributed by atoms with Gasteiger partial charge in [-0.1, -0.05) is 23.4 Å². The van der Waals surface area contributed by atoms with Crippen molar-refractivity contribution >= 4 is 11.0 Å². The normalized spacial score (nSPS) is 20.9. The first-order valence-corrected chi connectivity index (χ1v) is 7.95. The third-order valence-corrected chi connectivity index (χ3v) is 4.51. The minimum absolute atomic E-state index is 0.0643. The number of piperazine rings is 1. The van der Waals surface area contributed by atoms with Crippen molar-refractivity contribution in [2.45, 2.75) is 18.9 Å². The summed E-state index contributed by atoms with van der Waals surface area (Å²) in [5.74, 6) is 2.11. The van der Waals surface area contributed by atoms with Crippen molar-refractivity contribution < 1.29 is 8.94 Å². The van der Waals surface area contributed by atoms with Gasteiger partial charge in [0.2, 0.25) is 5.89 Å². The zero-order valence-electron chi connectivity index (χ0n) is 13.3. The molecular formula is C17H20N4O2. The van der Waals surface area contributed by atoms with Crippen molar-refractivity contribution in [3.8, 4) is 0 Å². The molecule has 120 valence electrons. The Labute approximate surface area is 134 Å². The van der Waals surface area contributed by atoms with Crippen LogP contribution >= 0.6 is 0 Å². The van der Waals surface area contributed by atoms with Gasteiger partial charge in [0, 0.05) is 25.0 Å². The standard InChI is InChI=1S/C17H20N4O2/c1-11(15-9-12-5-3-4-6-14(12)22-15)17-19-16(20-23-17)13-10-18-7-8-21(13)2/h3-6,9,11,13,18H,7-8,10H2,1-2H3. The van der Waals surface area contributed by atoms with Crippen LogP contribution in [0.4, 0.5) is 0 Å². The number of hydrogen-bond acceptors (Lipinski definition) is 6. The summed E-state index contributed by atoms with van der Waals surface area (Å²) in [6.07, 6.45) is 0. The monoisotopic (exact) mass is 312 g/mol. The number of fused-ring (bicyclic) bond motifs is 1. The number of likely N-dealkylation sites (N-methyl/N-ethyl adjacent to an activating group) is 1. The Hall–Kier alpha value is -2.18. The molecule has 2 atom stereocenters. The first-order chi connectivity index (χ1) is 11.2. The van der Waals surface area contributed by atoms with E-state index < -0.39 is 0 Å². The maximum absolute atomic E-state index is 5.91. The van der Waals surface area contributed by atoms with Gasteiger partial charge >= 0.3 is 0 Å². The quantitative estimate of drug-likeness (QED) is 0.801. The van der Waals surface area contributed by atoms with Gasteiger partial charge in [-0.3, -0.25) is 4.90 Å². The predicted octanol–water partition coefficient (Wildman–Crippen LogP) is 2.54. The van der Waals surface area contributed by atoms with Crippen molar-refractivity contribution in [1.29, 1.82) is 0 Å². The lowest BCUT2D eigenvalue weighted by atomic mass is 10.1. The van der Waals surface area contributed by atoms with Crippen LogP contribution < -0.4 is 5.32 Å². The molecule has 4 rings (SSSR count). The Bertz CT molecular complexity index is 777. The Kier molecular flexibility index (Phi) is 3.63. The summed E-state index contributed by atoms with van der Waals surface area (Å²) in [7, 11) is 2.09. The number of aromatic nitrogens is 2. The van der Waals surface area contributed by atoms with Crippen LogP contribution in [0.5, 0.6) is 0 Å². The van der Waals surface area contributed by atoms with Crippen molar-refractivity contribution in [3.05, 3.63) is 47.8 Å². The predicted molar refractivity (Wildman–Crippen MR) is 86.3 cm³/mol. The van der Waals surface area contributed by atoms with Gasteiger partial charge < -0.3 is 14.3 Å². The third-order valence-electron chi connectivity index (χ3n) is 4.51. The van der Waals surface area contributed by atoms with Crippen molar-refractivity contribution in [2.75, 3.05) is 26.7 Å². The van der Waals surface area contributed by atoms with Gasteiger partial charge in [-0.05, 0) is 26.1 Å². The largest absolute Gasteiger partial charge is 0.460 e. The highest BCUT2D eigenvalue weighted by Gasteiger charge is 2.27. The molecule has 0 amide bonds. The van der Waals surface area contributed by atoms with E-state index in [1.165, 1.54) is 0 Å². The molecule has 1 saturated heterocycles. The van der Waals surface area contributed by atoms with Crippen LogP contribution in [0, 0.1) is 0 Å². The first kappa shape index (κ1) is 14.4. The Balaban J connectivity index is 1.60. The molecule has 6 heteroatoms. The molecule has 1 aromatic carbocycles. The van der Waals surface area contributed by atoms with Crippen LogP contribution in [0.3, 0.4) is 0 Å². The summed E-state index contributed by atoms with van der Waals surface area (Å²) in [5.41, 5.74) is 0.880. The molecule has 1 fully saturated rings. The zero-order valence-corrected chi connectivity index (χ0v) is 13.3. The smallest absolute Gasteiger partial charge is 0.237 e. The van der Waals surface area contributed by atoms with Crippen molar-refractivity contribution in [2.24, 2.45) is 0 Å². The molecule has 23 heavy (non-hydrogen) atoms. The lowest BCUT2D eigenvalue weighted by Gasteiger charge is -2.30. The summed E-state index contributed by atoms with van der Waals surface area (Å²) >= 11 is 0. The molecule has 2 aromatic heterocycles. The fourth-order valence-electron chi connectivity index (χ4n) is 2.99. The molecular weight excluding hydrogens is 292 g/mol. The number of benzene rings is 1. The average molecular weight is 312 g/mol. The second kappa shape index (κ2) is 5.79. The van der Waals surface area contributed by atoms with Crippen LogP contribution in [-0.2, 0) is 0 Å². The fourth-order valence-corrected chi connectivity index (χ4v) is 2.99. The maximum atomic E-state index is 5.91. The second-order valence-electron chi connectivity index (χ2n) is 6.10. The van der Waals surface area contributed by atoms with Crippen molar-refractivity contribution in [3.63, 3.8) is 0 Å². The summed E-state index contributed by atoms with van der Waals surface area (Å²) < 4.78 is 11.4. The Morgan fingerprint density at radius 2 is 2.22 bits per heavy atom. The summed E-state index contributed by atoms with van der Waals surface area (Å²) in [4.78, 5) is 6.86. The SMILES string of the molecule is CC(c1cc2ccccc2o1)c1nc(C2CNCCN2C)no1. The van der Waals surface area contributed by atoms with Crippen LogP contribution in [-0.4, -0.2) is 41.7 Å². The Morgan fingerprint density at radius 3 is 3.04 bits per heavy atom. The van der Waals surface area contributed by atoms with Gasteiger partial charge in [-0.25, -0.2) is 0 Å². The molecule has 0 bridgehead atoms. The number of rotatable bonds is 3. The molecule has 1 aliphatic rings. The van der Waals surface area contributed by atoms with Crippen LogP contribution in [0.2, 0.25) is 0 Å². The molecule has 1 N–H and O–H groups in total. The highest BCUT2D eigenvalue weighted by Crippen LogP contribution is 2.29. The van der Waals surface area contributed by atoms with Gasteiger partial charge in [-0.2, -0.15) is 4.98 Å². The van der Waals surface area contributed by atoms with E-state index in [2.05, 4.69) is 27.4 Å². The number of nitrogens with one attached hydrogen (secondary N) is 1. The number of nitrogens with zero attached hydrogens (tertiary/aromatic N) is 3. The number of hydrogen-bond donors (Lipinski definition) is 1. The number of furan rings is 1. The van der Waals surface area contributed by atoms with Gasteiger partial charge in [0.15, 0.2) is 5.82 Å². The average Bonchev–Trinajstić information content (AvgIpc) is 3.21. The zero-order chi connectivity index (χ0) is 15.8. The molecule has 0 saturated carbocycles. The van der Waals surface area contributed by atoms with Crippen LogP contribution in [0.15, 0.2) is 39.3 Å². The number of para-hydroxylation sites is 1. The van der Waals surface area contributed by atoms with Gasteiger partial charge in [0.05, 0.1) is 12.0 Å². The second-order valence-corrected chi connectivity index (χ2v) is 6.10. The van der Waals surface area contributed by atoms with E-state index >= 15 is 0 Å². The lowest BCUT2D eigenvalue weighted by Crippen LogP contribution is -2.44. The topological polar surface area (TPSA) is 67.3 Å². The molecule has 0 radical (unpaired) electrons. The first-order valence-electron chi connectivity index (χ1n) is 7.95. The lowest BCUT2D eigenvalue weighted by molar-refractivity contribution is 0.190. The van der Waals surface area contributed by atoms with Gasteiger partial charge in [-0.15, -0.1) is 0 Å². The Morgan fingerprint density at radius 1 is 1.35 bits per heavy atom. The molecule has 0 aliphatic carbocycles. The molecule has 3 heterocycles. The summed E-state index contributed by atoms with van der Waals surface area (Å²) in [6, 6.07) is 10.2. The summed E-state index contributed by atoms with van der Waals surface area (Å²) in [5, 5.41) is 8.64. The van der Waals surface area contributed by atoms with E-state index in [0.717, 1.165) is 42.2 Å². The van der Waals surface area contributed by atoms with Crippen LogP contribution in [0.25, 0.3) is 11.0 Å². The molecule has 0 spiro atoms. The molecule has 6 nitrogen and oxygen atoms in total. The van der Waals surface area contributed by atoms with E-state index in [0.29, 0.717) is 5.89 Å². The van der Waals surface area contributed by atoms with Crippen LogP contribution in [0.1, 0.15) is 36.4 Å². The third kappa shape index (κ3) is 2.64. The van der Waals surface area contributed by atoms with E-state index in [1.54, 1.807) is 0 Å². The van der Waals surface area contributed by atoms with Gasteiger partial charge in [0.25, 0.3) is 0 Å². The molecule has 3 aromatic rings. The minimum atomic E-state index is -0.0643. The highest BCUT2D eigenvalue weighted by atomic mass is 16.5. The minimum Gasteiger partial charge on any atom is -0.460 e. The van der Waals surface area contributed by atoms with E-state index in [-0.39, 0.29) is 12.0 Å². The van der Waals surface area contributed by atoms with E-state index in [1.807, 2.05) is 37.3 Å². The molecule has 2 unspecified atom stereocenters.